The number of nitrogens with one attached hydrogen (secondary N) is 1. The van der Waals surface area contributed by atoms with E-state index in [4.69, 9.17) is 14.8 Å². The molecule has 0 amide bonds. The minimum absolute atomic E-state index is 0.255. The summed E-state index contributed by atoms with van der Waals surface area (Å²) in [6.07, 6.45) is 7.25. The molecule has 0 aliphatic carbocycles. The van der Waals surface area contributed by atoms with Gasteiger partial charge in [-0.05, 0) is 18.2 Å². The van der Waals surface area contributed by atoms with Crippen molar-refractivity contribution >= 4 is 27.9 Å². The summed E-state index contributed by atoms with van der Waals surface area (Å²) >= 11 is 0. The molecule has 11 nitrogen and oxygen atoms in total. The predicted molar refractivity (Wildman–Crippen MR) is 110 cm³/mol. The number of aromatic nitrogens is 3. The fourth-order valence-electron chi connectivity index (χ4n) is 1.42. The molecule has 2 aromatic heterocycles. The first kappa shape index (κ1) is 26.6. The van der Waals surface area contributed by atoms with Gasteiger partial charge in [-0.1, -0.05) is 32.8 Å². The Morgan fingerprint density at radius 1 is 1.03 bits per heavy atom. The summed E-state index contributed by atoms with van der Waals surface area (Å²) in [5, 5.41) is 20.0. The van der Waals surface area contributed by atoms with Crippen molar-refractivity contribution in [2.45, 2.75) is 26.7 Å². The van der Waals surface area contributed by atoms with Crippen molar-refractivity contribution < 1.29 is 32.8 Å². The molecular formula is C18H24N4O7S. The van der Waals surface area contributed by atoms with E-state index in [-0.39, 0.29) is 5.82 Å². The van der Waals surface area contributed by atoms with E-state index < -0.39 is 27.6 Å². The highest BCUT2D eigenvalue weighted by molar-refractivity contribution is 7.85. The lowest BCUT2D eigenvalue weighted by Gasteiger charge is -2.03. The number of hydrogen-bond acceptors (Lipinski definition) is 8. The molecule has 0 spiro atoms. The predicted octanol–water partition coefficient (Wildman–Crippen LogP) is 2.31. The van der Waals surface area contributed by atoms with Gasteiger partial charge in [-0.3, -0.25) is 9.54 Å². The third-order valence-electron chi connectivity index (χ3n) is 2.87. The molecule has 0 radical (unpaired) electrons. The van der Waals surface area contributed by atoms with Gasteiger partial charge in [0.05, 0.1) is 6.26 Å². The second-order valence-electron chi connectivity index (χ2n) is 5.53. The van der Waals surface area contributed by atoms with Crippen LogP contribution >= 0.6 is 0 Å². The molecule has 164 valence electrons. The molecule has 0 unspecified atom stereocenters. The van der Waals surface area contributed by atoms with Crippen LogP contribution in [0.15, 0.2) is 48.4 Å². The van der Waals surface area contributed by atoms with Gasteiger partial charge < -0.3 is 15.5 Å². The smallest absolute Gasteiger partial charge is 0.344 e. The van der Waals surface area contributed by atoms with Crippen LogP contribution in [0.25, 0.3) is 11.5 Å². The molecule has 0 fully saturated rings. The highest BCUT2D eigenvalue weighted by atomic mass is 32.2. The van der Waals surface area contributed by atoms with Gasteiger partial charge in [-0.25, -0.2) is 19.6 Å². The summed E-state index contributed by atoms with van der Waals surface area (Å²) in [6, 6.07) is 6.72. The second kappa shape index (κ2) is 13.7. The average molecular weight is 440 g/mol. The van der Waals surface area contributed by atoms with E-state index in [0.717, 1.165) is 6.20 Å². The van der Waals surface area contributed by atoms with E-state index in [2.05, 4.69) is 34.1 Å². The number of carboxylic acid groups (broad SMARTS) is 2. The Labute approximate surface area is 174 Å². The number of nitrogens with zero attached hydrogens (tertiary/aromatic N) is 3. The van der Waals surface area contributed by atoms with Crippen LogP contribution in [0.3, 0.4) is 0 Å². The number of rotatable bonds is 6. The van der Waals surface area contributed by atoms with Gasteiger partial charge in [0.25, 0.3) is 10.1 Å². The van der Waals surface area contributed by atoms with Gasteiger partial charge in [-0.2, -0.15) is 8.42 Å². The van der Waals surface area contributed by atoms with E-state index in [1.807, 2.05) is 0 Å². The fraction of sp³-hybridized carbons (Fsp3) is 0.278. The van der Waals surface area contributed by atoms with Gasteiger partial charge in [0.1, 0.15) is 11.5 Å². The quantitative estimate of drug-likeness (QED) is 0.224. The Morgan fingerprint density at radius 2 is 1.60 bits per heavy atom. The third-order valence-corrected chi connectivity index (χ3v) is 2.87. The zero-order valence-electron chi connectivity index (χ0n) is 16.7. The van der Waals surface area contributed by atoms with Gasteiger partial charge in [0.15, 0.2) is 11.4 Å². The summed E-state index contributed by atoms with van der Waals surface area (Å²) in [5.74, 6) is -2.50. The van der Waals surface area contributed by atoms with E-state index in [9.17, 15) is 18.0 Å². The summed E-state index contributed by atoms with van der Waals surface area (Å²) in [4.78, 5) is 33.7. The highest BCUT2D eigenvalue weighted by Crippen LogP contribution is 2.13. The number of pyridine rings is 1. The molecule has 12 heteroatoms. The van der Waals surface area contributed by atoms with E-state index >= 15 is 0 Å². The maximum atomic E-state index is 10.7. The second-order valence-corrected chi connectivity index (χ2v) is 6.99. The van der Waals surface area contributed by atoms with Crippen LogP contribution in [0.5, 0.6) is 0 Å². The fourth-order valence-corrected chi connectivity index (χ4v) is 1.42. The van der Waals surface area contributed by atoms with Crippen LogP contribution in [0.1, 0.15) is 26.7 Å². The Hall–Kier alpha value is -3.38. The monoisotopic (exact) mass is 440 g/mol. The van der Waals surface area contributed by atoms with Crippen LogP contribution in [0, 0.1) is 0 Å². The lowest BCUT2D eigenvalue weighted by molar-refractivity contribution is -0.140. The molecule has 0 aliphatic rings. The van der Waals surface area contributed by atoms with Crippen LogP contribution in [0.4, 0.5) is 5.82 Å². The van der Waals surface area contributed by atoms with Gasteiger partial charge in [-0.15, -0.1) is 0 Å². The molecule has 0 atom stereocenters. The number of anilines is 1. The summed E-state index contributed by atoms with van der Waals surface area (Å²) in [7, 11) is -3.67. The molecule has 0 aliphatic heterocycles. The zero-order chi connectivity index (χ0) is 23.2. The van der Waals surface area contributed by atoms with Crippen LogP contribution in [-0.4, -0.2) is 56.3 Å². The lowest BCUT2D eigenvalue weighted by Crippen LogP contribution is -2.13. The van der Waals surface area contributed by atoms with E-state index in [1.165, 1.54) is 25.1 Å². The number of carboxylic acids is 2. The van der Waals surface area contributed by atoms with Crippen molar-refractivity contribution in [2.24, 2.45) is 0 Å². The molecule has 4 N–H and O–H groups in total. The Kier molecular flexibility index (Phi) is 12.2. The summed E-state index contributed by atoms with van der Waals surface area (Å²) in [5.41, 5.74) is -0.255. The number of aliphatic carboxylic acids is 2. The number of unbranched alkanes of at least 4 members (excludes halogenated alkanes) is 1. The van der Waals surface area contributed by atoms with Gasteiger partial charge >= 0.3 is 11.9 Å². The van der Waals surface area contributed by atoms with Crippen molar-refractivity contribution in [3.8, 4) is 11.5 Å². The van der Waals surface area contributed by atoms with Crippen LogP contribution in [0.2, 0.25) is 0 Å². The highest BCUT2D eigenvalue weighted by Gasteiger charge is 2.15. The first-order chi connectivity index (χ1) is 14.0. The molecular weight excluding hydrogens is 416 g/mol. The normalized spacial score (nSPS) is 9.73. The average Bonchev–Trinajstić information content (AvgIpc) is 2.67. The third kappa shape index (κ3) is 12.9. The molecule has 0 bridgehead atoms. The molecule has 2 rings (SSSR count). The Morgan fingerprint density at radius 3 is 2.03 bits per heavy atom. The molecule has 30 heavy (non-hydrogen) atoms. The van der Waals surface area contributed by atoms with E-state index in [0.29, 0.717) is 17.8 Å². The number of hydrogen-bond donors (Lipinski definition) is 4. The van der Waals surface area contributed by atoms with Crippen molar-refractivity contribution in [1.82, 2.24) is 15.0 Å². The topological polar surface area (TPSA) is 180 Å². The largest absolute Gasteiger partial charge is 0.477 e. The van der Waals surface area contributed by atoms with E-state index in [1.54, 1.807) is 24.4 Å². The lowest BCUT2D eigenvalue weighted by atomic mass is 10.3. The zero-order valence-corrected chi connectivity index (χ0v) is 17.5. The van der Waals surface area contributed by atoms with Crippen molar-refractivity contribution in [3.63, 3.8) is 0 Å². The Balaban J connectivity index is 0.000000789. The molecule has 2 heterocycles. The standard InChI is InChI=1S/C13H10N4O4.C4H10.CH4O3S/c18-12(19)8(13(20)21)7-16-10-4-6-15-11(17-10)9-3-1-2-5-14-9;1-3-4-2;1-5(2,3)4/h1-7H,(H,18,19)(H,20,21)(H,15,16,17);3-4H2,1-2H3;1H3,(H,2,3,4). The Bertz CT molecular complexity index is 922. The molecule has 0 saturated carbocycles. The minimum atomic E-state index is -3.67. The molecule has 0 aromatic carbocycles. The molecule has 0 saturated heterocycles. The maximum Gasteiger partial charge on any atom is 0.344 e. The summed E-state index contributed by atoms with van der Waals surface area (Å²) in [6.45, 7) is 4.36. The van der Waals surface area contributed by atoms with Crippen molar-refractivity contribution in [3.05, 3.63) is 48.4 Å². The first-order valence-corrected chi connectivity index (χ1v) is 10.4. The van der Waals surface area contributed by atoms with Crippen molar-refractivity contribution in [1.29, 1.82) is 0 Å². The molecule has 2 aromatic rings. The van der Waals surface area contributed by atoms with Gasteiger partial charge in [0, 0.05) is 18.6 Å². The SMILES string of the molecule is CCCC.CS(=O)(=O)O.O=C(O)C(=CNc1ccnc(-c2ccccn2)n1)C(=O)O. The first-order valence-electron chi connectivity index (χ1n) is 8.59. The van der Waals surface area contributed by atoms with Gasteiger partial charge in [0.2, 0.25) is 0 Å². The maximum absolute atomic E-state index is 10.7. The van der Waals surface area contributed by atoms with Crippen molar-refractivity contribution in [2.75, 3.05) is 11.6 Å². The number of carbonyl (C=O) groups is 2. The van der Waals surface area contributed by atoms with Crippen LogP contribution in [-0.2, 0) is 19.7 Å². The van der Waals surface area contributed by atoms with Crippen LogP contribution < -0.4 is 5.32 Å². The minimum Gasteiger partial charge on any atom is -0.477 e. The summed E-state index contributed by atoms with van der Waals surface area (Å²) < 4.78 is 25.9.